The molecule has 0 N–H and O–H groups in total. The van der Waals surface area contributed by atoms with Gasteiger partial charge in [-0.1, -0.05) is 35.1 Å². The lowest BCUT2D eigenvalue weighted by Gasteiger charge is -2.34. The Morgan fingerprint density at radius 1 is 1.09 bits per heavy atom. The van der Waals surface area contributed by atoms with Crippen LogP contribution in [0.4, 0.5) is 4.39 Å². The summed E-state index contributed by atoms with van der Waals surface area (Å²) in [5.41, 5.74) is 0.953. The van der Waals surface area contributed by atoms with Crippen LogP contribution >= 0.6 is 22.9 Å². The zero-order chi connectivity index (χ0) is 24.4. The summed E-state index contributed by atoms with van der Waals surface area (Å²) >= 11 is 7.10. The summed E-state index contributed by atoms with van der Waals surface area (Å²) in [6.07, 6.45) is 0. The number of halogens is 2. The lowest BCUT2D eigenvalue weighted by atomic mass is 10.2. The first-order chi connectivity index (χ1) is 16.9. The Hall–Kier alpha value is -3.34. The lowest BCUT2D eigenvalue weighted by Crippen LogP contribution is -2.49. The summed E-state index contributed by atoms with van der Waals surface area (Å²) in [6, 6.07) is 14.4. The van der Waals surface area contributed by atoms with Gasteiger partial charge in [-0.3, -0.25) is 14.5 Å². The Labute approximate surface area is 209 Å². The zero-order valence-electron chi connectivity index (χ0n) is 18.6. The topological polar surface area (TPSA) is 80.0 Å². The van der Waals surface area contributed by atoms with Crippen molar-refractivity contribution in [3.05, 3.63) is 81.5 Å². The van der Waals surface area contributed by atoms with E-state index in [4.69, 9.17) is 16.3 Å². The number of hydrogen-bond donors (Lipinski definition) is 0. The van der Waals surface area contributed by atoms with Crippen LogP contribution in [0.25, 0.3) is 15.5 Å². The molecule has 2 aromatic carbocycles. The normalized spacial score (nSPS) is 14.4. The second-order valence-electron chi connectivity index (χ2n) is 8.10. The molecule has 0 saturated carbocycles. The van der Waals surface area contributed by atoms with Gasteiger partial charge in [-0.2, -0.15) is 9.61 Å². The van der Waals surface area contributed by atoms with Gasteiger partial charge in [0.2, 0.25) is 4.96 Å². The predicted molar refractivity (Wildman–Crippen MR) is 131 cm³/mol. The van der Waals surface area contributed by atoms with Crippen molar-refractivity contribution in [2.75, 3.05) is 32.8 Å². The summed E-state index contributed by atoms with van der Waals surface area (Å²) in [6.45, 7) is 2.90. The molecular formula is C24H21ClFN5O3S. The van der Waals surface area contributed by atoms with Crippen LogP contribution in [0.5, 0.6) is 5.75 Å². The summed E-state index contributed by atoms with van der Waals surface area (Å²) in [4.78, 5) is 34.1. The van der Waals surface area contributed by atoms with Crippen molar-refractivity contribution in [1.82, 2.24) is 24.4 Å². The van der Waals surface area contributed by atoms with Gasteiger partial charge in [0.05, 0.1) is 5.69 Å². The molecule has 1 aliphatic rings. The zero-order valence-corrected chi connectivity index (χ0v) is 20.1. The summed E-state index contributed by atoms with van der Waals surface area (Å²) in [5, 5.41) is 5.44. The molecule has 8 nitrogen and oxygen atoms in total. The Balaban J connectivity index is 1.19. The monoisotopic (exact) mass is 513 g/mol. The molecule has 4 aromatic rings. The molecular weight excluding hydrogens is 493 g/mol. The van der Waals surface area contributed by atoms with Gasteiger partial charge in [-0.15, -0.1) is 0 Å². The molecule has 1 aliphatic heterocycles. The Morgan fingerprint density at radius 2 is 1.86 bits per heavy atom. The average molecular weight is 514 g/mol. The number of fused-ring (bicyclic) bond motifs is 1. The SMILES string of the molecule is O=C(COc1ccc(Cl)cc1)N1CCN(Cc2cc(=O)n3nc(-c4cccc(F)c4)sc3n2)CC1. The third kappa shape index (κ3) is 5.50. The standard InChI is InChI=1S/C24H21ClFN5O3S/c25-17-4-6-20(7-5-17)34-15-22(33)30-10-8-29(9-11-30)14-19-13-21(32)31-24(27-19)35-23(28-31)16-2-1-3-18(26)12-16/h1-7,12-13H,8-11,14-15H2. The second-order valence-corrected chi connectivity index (χ2v) is 9.49. The first kappa shape index (κ1) is 23.4. The van der Waals surface area contributed by atoms with Gasteiger partial charge in [0.25, 0.3) is 11.5 Å². The molecule has 35 heavy (non-hydrogen) atoms. The van der Waals surface area contributed by atoms with Gasteiger partial charge in [-0.05, 0) is 36.4 Å². The number of amides is 1. The van der Waals surface area contributed by atoms with Gasteiger partial charge in [0.1, 0.15) is 16.6 Å². The molecule has 1 amide bonds. The molecule has 1 fully saturated rings. The highest BCUT2D eigenvalue weighted by Crippen LogP contribution is 2.25. The number of piperazine rings is 1. The van der Waals surface area contributed by atoms with Gasteiger partial charge < -0.3 is 9.64 Å². The maximum Gasteiger partial charge on any atom is 0.275 e. The molecule has 1 saturated heterocycles. The second kappa shape index (κ2) is 10.1. The first-order valence-corrected chi connectivity index (χ1v) is 12.2. The maximum absolute atomic E-state index is 13.6. The predicted octanol–water partition coefficient (Wildman–Crippen LogP) is 3.33. The number of carbonyl (C=O) groups excluding carboxylic acids is 1. The number of rotatable bonds is 6. The quantitative estimate of drug-likeness (QED) is 0.393. The fourth-order valence-electron chi connectivity index (χ4n) is 3.83. The highest BCUT2D eigenvalue weighted by atomic mass is 35.5. The van der Waals surface area contributed by atoms with Crippen molar-refractivity contribution in [1.29, 1.82) is 0 Å². The van der Waals surface area contributed by atoms with Crippen molar-refractivity contribution in [2.45, 2.75) is 6.54 Å². The first-order valence-electron chi connectivity index (χ1n) is 11.0. The minimum absolute atomic E-state index is 0.0321. The van der Waals surface area contributed by atoms with E-state index < -0.39 is 0 Å². The fraction of sp³-hybridized carbons (Fsp3) is 0.250. The van der Waals surface area contributed by atoms with Crippen molar-refractivity contribution < 1.29 is 13.9 Å². The fourth-order valence-corrected chi connectivity index (χ4v) is 4.87. The van der Waals surface area contributed by atoms with Crippen molar-refractivity contribution in [2.24, 2.45) is 0 Å². The number of ether oxygens (including phenoxy) is 1. The molecule has 0 bridgehead atoms. The molecule has 2 aromatic heterocycles. The number of nitrogens with zero attached hydrogens (tertiary/aromatic N) is 5. The van der Waals surface area contributed by atoms with Crippen LogP contribution < -0.4 is 10.3 Å². The van der Waals surface area contributed by atoms with Crippen LogP contribution in [0.2, 0.25) is 5.02 Å². The third-order valence-electron chi connectivity index (χ3n) is 5.66. The Kier molecular flexibility index (Phi) is 6.76. The van der Waals surface area contributed by atoms with Crippen molar-refractivity contribution in [3.63, 3.8) is 0 Å². The van der Waals surface area contributed by atoms with E-state index in [1.165, 1.54) is 34.1 Å². The number of hydrogen-bond acceptors (Lipinski definition) is 7. The Bertz CT molecular complexity index is 1420. The molecule has 11 heteroatoms. The van der Waals surface area contributed by atoms with E-state index in [-0.39, 0.29) is 23.9 Å². The van der Waals surface area contributed by atoms with E-state index in [0.29, 0.717) is 64.7 Å². The third-order valence-corrected chi connectivity index (χ3v) is 6.87. The minimum Gasteiger partial charge on any atom is -0.484 e. The van der Waals surface area contributed by atoms with Crippen LogP contribution in [0.3, 0.4) is 0 Å². The molecule has 0 unspecified atom stereocenters. The molecule has 0 radical (unpaired) electrons. The largest absolute Gasteiger partial charge is 0.484 e. The van der Waals surface area contributed by atoms with Crippen LogP contribution in [-0.2, 0) is 11.3 Å². The van der Waals surface area contributed by atoms with Gasteiger partial charge in [0.15, 0.2) is 6.61 Å². The number of benzene rings is 2. The Morgan fingerprint density at radius 3 is 2.60 bits per heavy atom. The van der Waals surface area contributed by atoms with E-state index >= 15 is 0 Å². The molecule has 5 rings (SSSR count). The minimum atomic E-state index is -0.364. The molecule has 0 spiro atoms. The highest BCUT2D eigenvalue weighted by Gasteiger charge is 2.22. The van der Waals surface area contributed by atoms with E-state index in [9.17, 15) is 14.0 Å². The van der Waals surface area contributed by atoms with E-state index in [1.807, 2.05) is 0 Å². The number of carbonyl (C=O) groups is 1. The average Bonchev–Trinajstić information content (AvgIpc) is 3.29. The lowest BCUT2D eigenvalue weighted by molar-refractivity contribution is -0.135. The molecule has 0 atom stereocenters. The number of aromatic nitrogens is 3. The van der Waals surface area contributed by atoms with E-state index in [0.717, 1.165) is 0 Å². The summed E-state index contributed by atoms with van der Waals surface area (Å²) in [5.74, 6) is 0.154. The highest BCUT2D eigenvalue weighted by molar-refractivity contribution is 7.19. The van der Waals surface area contributed by atoms with Crippen LogP contribution in [0.1, 0.15) is 5.69 Å². The smallest absolute Gasteiger partial charge is 0.275 e. The molecule has 3 heterocycles. The van der Waals surface area contributed by atoms with Crippen LogP contribution in [0, 0.1) is 5.82 Å². The summed E-state index contributed by atoms with van der Waals surface area (Å²) in [7, 11) is 0. The van der Waals surface area contributed by atoms with Gasteiger partial charge >= 0.3 is 0 Å². The van der Waals surface area contributed by atoms with Crippen molar-refractivity contribution >= 4 is 33.8 Å². The molecule has 0 aliphatic carbocycles. The van der Waals surface area contributed by atoms with E-state index in [1.54, 1.807) is 41.3 Å². The van der Waals surface area contributed by atoms with Crippen molar-refractivity contribution in [3.8, 4) is 16.3 Å². The summed E-state index contributed by atoms with van der Waals surface area (Å²) < 4.78 is 20.4. The van der Waals surface area contributed by atoms with Gasteiger partial charge in [-0.25, -0.2) is 9.37 Å². The van der Waals surface area contributed by atoms with Crippen LogP contribution in [0.15, 0.2) is 59.4 Å². The van der Waals surface area contributed by atoms with E-state index in [2.05, 4.69) is 15.0 Å². The molecule has 180 valence electrons. The van der Waals surface area contributed by atoms with Crippen LogP contribution in [-0.4, -0.2) is 63.1 Å². The maximum atomic E-state index is 13.6. The van der Waals surface area contributed by atoms with Gasteiger partial charge in [0, 0.05) is 49.4 Å².